The van der Waals surface area contributed by atoms with Crippen molar-refractivity contribution in [2.45, 2.75) is 45.1 Å². The fourth-order valence-electron chi connectivity index (χ4n) is 5.85. The summed E-state index contributed by atoms with van der Waals surface area (Å²) in [5, 5.41) is 3.36. The van der Waals surface area contributed by atoms with E-state index in [2.05, 4.69) is 15.3 Å². The van der Waals surface area contributed by atoms with Crippen LogP contribution in [0.15, 0.2) is 96.1 Å². The van der Waals surface area contributed by atoms with E-state index in [1.54, 1.807) is 72.9 Å². The average molecular weight is 718 g/mol. The number of nitrogens with one attached hydrogen (secondary N) is 1. The molecule has 13 heteroatoms. The normalized spacial score (nSPS) is 12.7. The Morgan fingerprint density at radius 3 is 2.45 bits per heavy atom. The monoisotopic (exact) mass is 717 g/mol. The van der Waals surface area contributed by atoms with Crippen LogP contribution >= 0.6 is 0 Å². The van der Waals surface area contributed by atoms with Crippen LogP contribution in [0.25, 0.3) is 11.0 Å². The number of nitrogens with zero attached hydrogens (tertiary/aromatic N) is 5. The molecule has 3 aromatic carbocycles. The zero-order valence-corrected chi connectivity index (χ0v) is 29.9. The van der Waals surface area contributed by atoms with E-state index in [9.17, 15) is 14.4 Å². The quantitative estimate of drug-likeness (QED) is 0.0371. The number of pyridine rings is 1. The number of rotatable bonds is 16. The van der Waals surface area contributed by atoms with Gasteiger partial charge in [0.15, 0.2) is 11.5 Å². The van der Waals surface area contributed by atoms with Crippen LogP contribution in [0.2, 0.25) is 0 Å². The molecule has 0 bridgehead atoms. The standard InChI is InChI=1S/C40H43N7O6/c1-46-32-20-17-29(39(49)47(35-12-5-7-22-42-35)23-21-37(48)53-34-11-4-3-10-33(34)51-2)25-31(32)44-36(46)26-43-30-18-15-28(16-19-30)38(41)45-40(50)52-24-8-6-9-27-13-14-27/h3-5,7,10-12,15-20,22,25,27,43H,6,8-9,13-14,21,23-24,26H2,1-2H3,(H2,41,45,50). The van der Waals surface area contributed by atoms with Crippen molar-refractivity contribution in [3.63, 3.8) is 0 Å². The molecule has 2 heterocycles. The highest BCUT2D eigenvalue weighted by atomic mass is 16.6. The van der Waals surface area contributed by atoms with E-state index in [1.807, 2.05) is 29.8 Å². The summed E-state index contributed by atoms with van der Waals surface area (Å²) in [6, 6.07) is 24.7. The minimum Gasteiger partial charge on any atom is -0.493 e. The second-order valence-electron chi connectivity index (χ2n) is 12.8. The lowest BCUT2D eigenvalue weighted by Crippen LogP contribution is -2.34. The molecule has 53 heavy (non-hydrogen) atoms. The number of aryl methyl sites for hydroxylation is 1. The van der Waals surface area contributed by atoms with Gasteiger partial charge < -0.3 is 29.8 Å². The predicted octanol–water partition coefficient (Wildman–Crippen LogP) is 6.65. The van der Waals surface area contributed by atoms with Crippen LogP contribution in [0.3, 0.4) is 0 Å². The van der Waals surface area contributed by atoms with E-state index in [0.29, 0.717) is 47.1 Å². The van der Waals surface area contributed by atoms with Gasteiger partial charge in [-0.1, -0.05) is 37.5 Å². The molecule has 1 aliphatic rings. The maximum atomic E-state index is 13.9. The number of aliphatic imine (C=N–C) groups is 1. The van der Waals surface area contributed by atoms with Gasteiger partial charge in [0.2, 0.25) is 0 Å². The summed E-state index contributed by atoms with van der Waals surface area (Å²) in [5.41, 5.74) is 9.37. The SMILES string of the molecule is COc1ccccc1OC(=O)CCN(C(=O)c1ccc2c(c1)nc(CNc1ccc(C(N)=NC(=O)OCCCCC3CC3)cc1)n2C)c1ccccn1. The Labute approximate surface area is 307 Å². The van der Waals surface area contributed by atoms with Crippen LogP contribution in [0, 0.1) is 5.92 Å². The lowest BCUT2D eigenvalue weighted by Gasteiger charge is -2.21. The van der Waals surface area contributed by atoms with Crippen molar-refractivity contribution in [1.82, 2.24) is 14.5 Å². The highest BCUT2D eigenvalue weighted by Crippen LogP contribution is 2.33. The molecule has 0 unspecified atom stereocenters. The van der Waals surface area contributed by atoms with E-state index in [0.717, 1.165) is 35.8 Å². The highest BCUT2D eigenvalue weighted by Gasteiger charge is 2.23. The minimum absolute atomic E-state index is 0.0416. The Morgan fingerprint density at radius 2 is 1.72 bits per heavy atom. The molecule has 5 aromatic rings. The number of imidazole rings is 1. The Hall–Kier alpha value is -6.24. The van der Waals surface area contributed by atoms with Gasteiger partial charge in [-0.15, -0.1) is 0 Å². The molecule has 1 saturated carbocycles. The van der Waals surface area contributed by atoms with Gasteiger partial charge in [0.05, 0.1) is 37.7 Å². The minimum atomic E-state index is -0.683. The molecule has 274 valence electrons. The number of unbranched alkanes of at least 4 members (excludes halogenated alkanes) is 1. The summed E-state index contributed by atoms with van der Waals surface area (Å²) in [5.74, 6) is 2.00. The van der Waals surface area contributed by atoms with Crippen LogP contribution in [-0.4, -0.2) is 58.6 Å². The molecule has 6 rings (SSSR count). The fraction of sp³-hybridized carbons (Fsp3) is 0.300. The van der Waals surface area contributed by atoms with Gasteiger partial charge in [-0.3, -0.25) is 14.5 Å². The summed E-state index contributed by atoms with van der Waals surface area (Å²) in [6.07, 6.45) is 6.57. The predicted molar refractivity (Wildman–Crippen MR) is 202 cm³/mol. The van der Waals surface area contributed by atoms with Crippen molar-refractivity contribution >= 4 is 46.3 Å². The number of hydrogen-bond donors (Lipinski definition) is 2. The number of carbonyl (C=O) groups is 3. The zero-order valence-electron chi connectivity index (χ0n) is 29.9. The molecule has 1 aliphatic carbocycles. The molecule has 2 aromatic heterocycles. The number of para-hydroxylation sites is 2. The van der Waals surface area contributed by atoms with Crippen LogP contribution in [0.1, 0.15) is 60.3 Å². The number of fused-ring (bicyclic) bond motifs is 1. The first kappa shape index (κ1) is 36.5. The van der Waals surface area contributed by atoms with Gasteiger partial charge in [-0.2, -0.15) is 4.99 Å². The van der Waals surface area contributed by atoms with Crippen molar-refractivity contribution in [1.29, 1.82) is 0 Å². The largest absolute Gasteiger partial charge is 0.493 e. The Kier molecular flexibility index (Phi) is 11.9. The van der Waals surface area contributed by atoms with Crippen LogP contribution in [-0.2, 0) is 23.1 Å². The summed E-state index contributed by atoms with van der Waals surface area (Å²) < 4.78 is 18.0. The highest BCUT2D eigenvalue weighted by molar-refractivity contribution is 6.07. The van der Waals surface area contributed by atoms with Crippen molar-refractivity contribution in [2.24, 2.45) is 23.7 Å². The first-order valence-corrected chi connectivity index (χ1v) is 17.7. The fourth-order valence-corrected chi connectivity index (χ4v) is 5.85. The first-order valence-electron chi connectivity index (χ1n) is 17.7. The summed E-state index contributed by atoms with van der Waals surface area (Å²) >= 11 is 0. The third-order valence-corrected chi connectivity index (χ3v) is 9.00. The molecule has 2 amide bonds. The van der Waals surface area contributed by atoms with Gasteiger partial charge in [-0.05, 0) is 85.5 Å². The lowest BCUT2D eigenvalue weighted by molar-refractivity contribution is -0.134. The Morgan fingerprint density at radius 1 is 0.962 bits per heavy atom. The molecular weight excluding hydrogens is 674 g/mol. The molecule has 0 radical (unpaired) electrons. The van der Waals surface area contributed by atoms with E-state index in [4.69, 9.17) is 24.9 Å². The summed E-state index contributed by atoms with van der Waals surface area (Å²) in [4.78, 5) is 53.3. The van der Waals surface area contributed by atoms with Gasteiger partial charge in [0.1, 0.15) is 17.5 Å². The first-order chi connectivity index (χ1) is 25.8. The molecule has 0 saturated heterocycles. The molecule has 13 nitrogen and oxygen atoms in total. The number of ether oxygens (including phenoxy) is 3. The van der Waals surface area contributed by atoms with E-state index in [1.165, 1.54) is 31.3 Å². The van der Waals surface area contributed by atoms with E-state index < -0.39 is 12.1 Å². The molecular formula is C40H43N7O6. The number of methoxy groups -OCH3 is 1. The molecule has 3 N–H and O–H groups in total. The van der Waals surface area contributed by atoms with E-state index in [-0.39, 0.29) is 24.7 Å². The average Bonchev–Trinajstić information content (AvgIpc) is 3.95. The van der Waals surface area contributed by atoms with Gasteiger partial charge >= 0.3 is 12.1 Å². The number of amidine groups is 1. The smallest absolute Gasteiger partial charge is 0.435 e. The zero-order chi connectivity index (χ0) is 37.2. The van der Waals surface area contributed by atoms with Crippen molar-refractivity contribution in [2.75, 3.05) is 30.5 Å². The second kappa shape index (κ2) is 17.3. The van der Waals surface area contributed by atoms with Crippen molar-refractivity contribution < 1.29 is 28.6 Å². The van der Waals surface area contributed by atoms with Gasteiger partial charge in [0.25, 0.3) is 5.91 Å². The number of aromatic nitrogens is 3. The van der Waals surface area contributed by atoms with E-state index >= 15 is 0 Å². The number of carbonyl (C=O) groups excluding carboxylic acids is 3. The molecule has 0 atom stereocenters. The number of nitrogens with two attached hydrogens (primary N) is 1. The van der Waals surface area contributed by atoms with Crippen molar-refractivity contribution in [3.8, 4) is 11.5 Å². The van der Waals surface area contributed by atoms with Crippen LogP contribution in [0.5, 0.6) is 11.5 Å². The summed E-state index contributed by atoms with van der Waals surface area (Å²) in [7, 11) is 3.41. The third kappa shape index (κ3) is 9.76. The molecule has 1 fully saturated rings. The Balaban J connectivity index is 1.07. The number of amides is 2. The summed E-state index contributed by atoms with van der Waals surface area (Å²) in [6.45, 7) is 0.789. The molecule has 0 spiro atoms. The topological polar surface area (TPSA) is 163 Å². The second-order valence-corrected chi connectivity index (χ2v) is 12.8. The Bertz CT molecular complexity index is 2080. The number of benzene rings is 3. The van der Waals surface area contributed by atoms with Crippen LogP contribution in [0.4, 0.5) is 16.3 Å². The maximum absolute atomic E-state index is 13.9. The van der Waals surface area contributed by atoms with Crippen molar-refractivity contribution in [3.05, 3.63) is 108 Å². The lowest BCUT2D eigenvalue weighted by atomic mass is 10.1. The maximum Gasteiger partial charge on any atom is 0.435 e. The molecule has 0 aliphatic heterocycles. The number of anilines is 2. The van der Waals surface area contributed by atoms with Gasteiger partial charge in [-0.25, -0.2) is 14.8 Å². The van der Waals surface area contributed by atoms with Gasteiger partial charge in [0, 0.05) is 36.6 Å². The third-order valence-electron chi connectivity index (χ3n) is 9.00. The number of esters is 1. The number of hydrogen-bond acceptors (Lipinski definition) is 9. The van der Waals surface area contributed by atoms with Crippen LogP contribution < -0.4 is 25.4 Å².